The second-order valence-electron chi connectivity index (χ2n) is 10.0. The zero-order valence-corrected chi connectivity index (χ0v) is 18.3. The molecule has 2 N–H and O–H groups in total. The number of imidazole rings is 1. The molecular weight excluding hydrogens is 362 g/mol. The number of rotatable bonds is 9. The number of unbranched alkanes of at least 4 members (excludes halogenated alkanes) is 7. The van der Waals surface area contributed by atoms with Crippen LogP contribution in [0.2, 0.25) is 0 Å². The van der Waals surface area contributed by atoms with Crippen LogP contribution in [0.25, 0.3) is 0 Å². The highest BCUT2D eigenvalue weighted by Gasteiger charge is 2.55. The molecule has 3 atom stereocenters. The van der Waals surface area contributed by atoms with Gasteiger partial charge in [0.2, 0.25) is 0 Å². The van der Waals surface area contributed by atoms with Crippen molar-refractivity contribution in [3.05, 3.63) is 17.7 Å². The second kappa shape index (κ2) is 9.69. The Morgan fingerprint density at radius 2 is 1.86 bits per heavy atom. The van der Waals surface area contributed by atoms with Crippen molar-refractivity contribution >= 4 is 6.09 Å². The smallest absolute Gasteiger partial charge is 0.408 e. The van der Waals surface area contributed by atoms with Gasteiger partial charge in [0.25, 0.3) is 0 Å². The minimum atomic E-state index is -0.835. The Balaban J connectivity index is 1.28. The lowest BCUT2D eigenvalue weighted by Gasteiger charge is -2.22. The van der Waals surface area contributed by atoms with E-state index in [1.807, 2.05) is 0 Å². The predicted octanol–water partition coefficient (Wildman–Crippen LogP) is 6.13. The van der Waals surface area contributed by atoms with E-state index >= 15 is 0 Å². The van der Waals surface area contributed by atoms with Crippen molar-refractivity contribution < 1.29 is 9.90 Å². The molecule has 1 saturated heterocycles. The van der Waals surface area contributed by atoms with Crippen LogP contribution in [0.5, 0.6) is 0 Å². The number of carbonyl (C=O) groups is 1. The molecule has 5 heteroatoms. The molecule has 0 unspecified atom stereocenters. The average Bonchev–Trinajstić information content (AvgIpc) is 3.08. The molecule has 0 bridgehead atoms. The Morgan fingerprint density at radius 3 is 2.55 bits per heavy atom. The largest absolute Gasteiger partial charge is 0.465 e. The Morgan fingerprint density at radius 1 is 1.17 bits per heavy atom. The van der Waals surface area contributed by atoms with Crippen LogP contribution in [0.1, 0.15) is 109 Å². The number of nitrogens with one attached hydrogen (secondary N) is 1. The molecule has 1 aromatic rings. The van der Waals surface area contributed by atoms with Crippen molar-refractivity contribution in [3.63, 3.8) is 0 Å². The van der Waals surface area contributed by atoms with Crippen LogP contribution in [0.3, 0.4) is 0 Å². The molecule has 2 heterocycles. The van der Waals surface area contributed by atoms with Crippen molar-refractivity contribution in [2.45, 2.75) is 103 Å². The quantitative estimate of drug-likeness (QED) is 0.387. The Hall–Kier alpha value is -1.96. The van der Waals surface area contributed by atoms with E-state index in [1.165, 1.54) is 44.9 Å². The SMILES string of the molecule is CC(C)(C)CCCCCCCCCC#Cc1cnc([C@@H]2C[C@H]3C[C@H]3N2C(=O)O)[nH]1. The summed E-state index contributed by atoms with van der Waals surface area (Å²) in [6.07, 6.45) is 14.1. The Kier molecular flexibility index (Phi) is 7.27. The fraction of sp³-hybridized carbons (Fsp3) is 0.750. The number of hydrogen-bond acceptors (Lipinski definition) is 2. The van der Waals surface area contributed by atoms with E-state index < -0.39 is 6.09 Å². The summed E-state index contributed by atoms with van der Waals surface area (Å²) < 4.78 is 0. The first kappa shape index (κ1) is 21.7. The molecule has 0 radical (unpaired) electrons. The van der Waals surface area contributed by atoms with E-state index in [4.69, 9.17) is 0 Å². The van der Waals surface area contributed by atoms with Crippen LogP contribution < -0.4 is 0 Å². The van der Waals surface area contributed by atoms with Crippen LogP contribution in [-0.2, 0) is 0 Å². The average molecular weight is 400 g/mol. The van der Waals surface area contributed by atoms with Crippen LogP contribution in [0.4, 0.5) is 4.79 Å². The van der Waals surface area contributed by atoms with Crippen molar-refractivity contribution in [2.75, 3.05) is 0 Å². The number of hydrogen-bond donors (Lipinski definition) is 2. The molecule has 2 fully saturated rings. The van der Waals surface area contributed by atoms with E-state index in [-0.39, 0.29) is 12.1 Å². The number of fused-ring (bicyclic) bond motifs is 1. The molecule has 5 nitrogen and oxygen atoms in total. The summed E-state index contributed by atoms with van der Waals surface area (Å²) in [5, 5.41) is 9.44. The number of H-pyrrole nitrogens is 1. The number of nitrogens with zero attached hydrogens (tertiary/aromatic N) is 2. The predicted molar refractivity (Wildman–Crippen MR) is 116 cm³/mol. The number of amides is 1. The van der Waals surface area contributed by atoms with Gasteiger partial charge >= 0.3 is 6.09 Å². The minimum absolute atomic E-state index is 0.129. The van der Waals surface area contributed by atoms with Crippen LogP contribution in [0.15, 0.2) is 6.20 Å². The third-order valence-electron chi connectivity index (χ3n) is 6.19. The van der Waals surface area contributed by atoms with Gasteiger partial charge in [0.1, 0.15) is 11.5 Å². The fourth-order valence-electron chi connectivity index (χ4n) is 4.46. The van der Waals surface area contributed by atoms with Crippen molar-refractivity contribution in [2.24, 2.45) is 11.3 Å². The van der Waals surface area contributed by atoms with Crippen molar-refractivity contribution in [1.29, 1.82) is 0 Å². The molecule has 2 aliphatic rings. The maximum atomic E-state index is 11.5. The second-order valence-corrected chi connectivity index (χ2v) is 10.0. The highest BCUT2D eigenvalue weighted by atomic mass is 16.4. The summed E-state index contributed by atoms with van der Waals surface area (Å²) in [6.45, 7) is 6.96. The topological polar surface area (TPSA) is 69.2 Å². The van der Waals surface area contributed by atoms with Gasteiger partial charge in [-0.1, -0.05) is 65.2 Å². The number of aromatic amines is 1. The number of carboxylic acid groups (broad SMARTS) is 1. The summed E-state index contributed by atoms with van der Waals surface area (Å²) in [5.41, 5.74) is 1.27. The monoisotopic (exact) mass is 399 g/mol. The fourth-order valence-corrected chi connectivity index (χ4v) is 4.46. The van der Waals surface area contributed by atoms with Crippen LogP contribution >= 0.6 is 0 Å². The highest BCUT2D eigenvalue weighted by molar-refractivity contribution is 5.67. The number of piperidine rings is 1. The minimum Gasteiger partial charge on any atom is -0.465 e. The van der Waals surface area contributed by atoms with Gasteiger partial charge in [-0.15, -0.1) is 0 Å². The van der Waals surface area contributed by atoms with E-state index in [1.54, 1.807) is 11.1 Å². The summed E-state index contributed by atoms with van der Waals surface area (Å²) in [6, 6.07) is 0.0748. The molecule has 1 aliphatic carbocycles. The van der Waals surface area contributed by atoms with Gasteiger partial charge in [-0.25, -0.2) is 9.78 Å². The molecule has 0 spiro atoms. The maximum absolute atomic E-state index is 11.5. The molecule has 160 valence electrons. The number of likely N-dealkylation sites (tertiary alicyclic amines) is 1. The molecule has 1 amide bonds. The van der Waals surface area contributed by atoms with E-state index in [2.05, 4.69) is 42.6 Å². The Bertz CT molecular complexity index is 737. The molecule has 0 aromatic carbocycles. The normalized spacial score (nSPS) is 22.9. The number of aromatic nitrogens is 2. The standard InChI is InChI=1S/C24H37N3O2/c1-24(2,3)14-12-10-8-6-4-5-7-9-11-13-19-17-25-22(26-19)21-16-18-15-20(18)27(21)23(28)29/h17-18,20-21H,4-10,12,14-16H2,1-3H3,(H,25,26)(H,28,29)/t18-,20-,21+/m1/s1. The lowest BCUT2D eigenvalue weighted by Crippen LogP contribution is -2.32. The van der Waals surface area contributed by atoms with Gasteiger partial charge < -0.3 is 10.1 Å². The first-order valence-electron chi connectivity index (χ1n) is 11.4. The molecule has 29 heavy (non-hydrogen) atoms. The van der Waals surface area contributed by atoms with Gasteiger partial charge in [-0.2, -0.15) is 0 Å². The third-order valence-corrected chi connectivity index (χ3v) is 6.19. The van der Waals surface area contributed by atoms with E-state index in [0.717, 1.165) is 37.2 Å². The van der Waals surface area contributed by atoms with Gasteiger partial charge in [-0.05, 0) is 42.9 Å². The molecule has 1 saturated carbocycles. The Labute approximate surface area is 175 Å². The summed E-state index contributed by atoms with van der Waals surface area (Å²) in [5.74, 6) is 7.66. The molecular formula is C24H37N3O2. The van der Waals surface area contributed by atoms with Gasteiger partial charge in [0.05, 0.1) is 12.2 Å². The molecule has 1 aromatic heterocycles. The molecule has 1 aliphatic heterocycles. The zero-order valence-electron chi connectivity index (χ0n) is 18.3. The van der Waals surface area contributed by atoms with Crippen molar-refractivity contribution in [3.8, 4) is 11.8 Å². The highest BCUT2D eigenvalue weighted by Crippen LogP contribution is 2.52. The van der Waals surface area contributed by atoms with Gasteiger partial charge in [0.15, 0.2) is 0 Å². The van der Waals surface area contributed by atoms with Crippen LogP contribution in [-0.4, -0.2) is 32.1 Å². The van der Waals surface area contributed by atoms with Crippen molar-refractivity contribution in [1.82, 2.24) is 14.9 Å². The maximum Gasteiger partial charge on any atom is 0.408 e. The summed E-state index contributed by atoms with van der Waals surface area (Å²) >= 11 is 0. The molecule has 3 rings (SSSR count). The van der Waals surface area contributed by atoms with Gasteiger partial charge in [0, 0.05) is 12.5 Å². The summed E-state index contributed by atoms with van der Waals surface area (Å²) in [4.78, 5) is 20.7. The third kappa shape index (κ3) is 6.52. The lowest BCUT2D eigenvalue weighted by molar-refractivity contribution is 0.128. The summed E-state index contributed by atoms with van der Waals surface area (Å²) in [7, 11) is 0. The van der Waals surface area contributed by atoms with E-state index in [0.29, 0.717) is 11.3 Å². The van der Waals surface area contributed by atoms with Gasteiger partial charge in [-0.3, -0.25) is 4.90 Å². The van der Waals surface area contributed by atoms with Crippen LogP contribution in [0, 0.1) is 23.2 Å². The first-order chi connectivity index (χ1) is 13.8. The zero-order chi connectivity index (χ0) is 20.9. The van der Waals surface area contributed by atoms with E-state index in [9.17, 15) is 9.90 Å². The first-order valence-corrected chi connectivity index (χ1v) is 11.4. The lowest BCUT2D eigenvalue weighted by atomic mass is 9.89.